The Morgan fingerprint density at radius 2 is 2.12 bits per heavy atom. The van der Waals surface area contributed by atoms with E-state index in [0.717, 1.165) is 19.4 Å². The summed E-state index contributed by atoms with van der Waals surface area (Å²) in [5, 5.41) is 6.06. The minimum Gasteiger partial charge on any atom is -0.369 e. The molecular weight excluding hydrogens is 218 g/mol. The van der Waals surface area contributed by atoms with Crippen LogP contribution in [0.15, 0.2) is 0 Å². The lowest BCUT2D eigenvalue weighted by Gasteiger charge is -2.33. The first-order valence-corrected chi connectivity index (χ1v) is 6.07. The van der Waals surface area contributed by atoms with Gasteiger partial charge in [0, 0.05) is 13.1 Å². The van der Waals surface area contributed by atoms with Gasteiger partial charge in [0.1, 0.15) is 0 Å². The summed E-state index contributed by atoms with van der Waals surface area (Å²) in [6.45, 7) is 7.36. The van der Waals surface area contributed by atoms with Crippen molar-refractivity contribution in [3.8, 4) is 0 Å². The largest absolute Gasteiger partial charge is 0.369 e. The van der Waals surface area contributed by atoms with Crippen LogP contribution in [0.5, 0.6) is 0 Å². The van der Waals surface area contributed by atoms with Crippen LogP contribution in [0, 0.1) is 10.8 Å². The van der Waals surface area contributed by atoms with Crippen LogP contribution in [-0.2, 0) is 9.59 Å². The maximum atomic E-state index is 12.1. The average molecular weight is 241 g/mol. The highest BCUT2D eigenvalue weighted by molar-refractivity contribution is 5.84. The number of piperidine rings is 1. The molecule has 5 nitrogen and oxygen atoms in total. The molecule has 0 aromatic carbocycles. The Hall–Kier alpha value is -1.10. The molecule has 1 atom stereocenters. The fraction of sp³-hybridized carbons (Fsp3) is 0.833. The van der Waals surface area contributed by atoms with Crippen LogP contribution in [0.25, 0.3) is 0 Å². The van der Waals surface area contributed by atoms with Crippen LogP contribution < -0.4 is 16.4 Å². The highest BCUT2D eigenvalue weighted by atomic mass is 16.2. The lowest BCUT2D eigenvalue weighted by atomic mass is 9.81. The van der Waals surface area contributed by atoms with Crippen molar-refractivity contribution in [3.63, 3.8) is 0 Å². The van der Waals surface area contributed by atoms with Gasteiger partial charge >= 0.3 is 0 Å². The first-order chi connectivity index (χ1) is 7.78. The van der Waals surface area contributed by atoms with Gasteiger partial charge in [0.2, 0.25) is 11.8 Å². The molecule has 1 heterocycles. The molecule has 0 aromatic rings. The molecule has 0 spiro atoms. The zero-order valence-electron chi connectivity index (χ0n) is 10.9. The molecule has 0 radical (unpaired) electrons. The number of primary amides is 1. The molecule has 0 aromatic heterocycles. The molecule has 5 heteroatoms. The Labute approximate surface area is 103 Å². The molecule has 2 amide bonds. The number of hydrogen-bond acceptors (Lipinski definition) is 3. The SMILES string of the molecule is CC(C)(CNC(=O)C1(C)CCCNC1)C(N)=O. The molecule has 1 unspecified atom stereocenters. The van der Waals surface area contributed by atoms with Gasteiger partial charge in [-0.25, -0.2) is 0 Å². The van der Waals surface area contributed by atoms with Gasteiger partial charge in [-0.2, -0.15) is 0 Å². The summed E-state index contributed by atoms with van der Waals surface area (Å²) in [5.74, 6) is -0.399. The molecule has 1 saturated heterocycles. The Bertz CT molecular complexity index is 307. The van der Waals surface area contributed by atoms with Crippen LogP contribution in [0.2, 0.25) is 0 Å². The molecule has 1 aliphatic heterocycles. The second-order valence-electron chi connectivity index (χ2n) is 5.77. The van der Waals surface area contributed by atoms with Crippen LogP contribution in [-0.4, -0.2) is 31.4 Å². The van der Waals surface area contributed by atoms with E-state index in [2.05, 4.69) is 10.6 Å². The summed E-state index contributed by atoms with van der Waals surface area (Å²) in [5.41, 5.74) is 4.20. The van der Waals surface area contributed by atoms with Gasteiger partial charge in [-0.1, -0.05) is 0 Å². The van der Waals surface area contributed by atoms with E-state index in [-0.39, 0.29) is 17.9 Å². The van der Waals surface area contributed by atoms with Crippen molar-refractivity contribution >= 4 is 11.8 Å². The first-order valence-electron chi connectivity index (χ1n) is 6.07. The van der Waals surface area contributed by atoms with E-state index in [9.17, 15) is 9.59 Å². The van der Waals surface area contributed by atoms with Gasteiger partial charge < -0.3 is 16.4 Å². The number of hydrogen-bond donors (Lipinski definition) is 3. The molecule has 98 valence electrons. The molecule has 1 rings (SSSR count). The van der Waals surface area contributed by atoms with Crippen molar-refractivity contribution in [3.05, 3.63) is 0 Å². The number of carbonyl (C=O) groups excluding carboxylic acids is 2. The van der Waals surface area contributed by atoms with Crippen molar-refractivity contribution in [2.75, 3.05) is 19.6 Å². The van der Waals surface area contributed by atoms with Gasteiger partial charge in [0.15, 0.2) is 0 Å². The average Bonchev–Trinajstić information content (AvgIpc) is 2.26. The smallest absolute Gasteiger partial charge is 0.227 e. The van der Waals surface area contributed by atoms with E-state index >= 15 is 0 Å². The standard InChI is InChI=1S/C12H23N3O2/c1-11(2,9(13)16)7-15-10(17)12(3)5-4-6-14-8-12/h14H,4-8H2,1-3H3,(H2,13,16)(H,15,17). The van der Waals surface area contributed by atoms with E-state index in [1.165, 1.54) is 0 Å². The highest BCUT2D eigenvalue weighted by Gasteiger charge is 2.36. The number of rotatable bonds is 4. The van der Waals surface area contributed by atoms with E-state index in [1.807, 2.05) is 6.92 Å². The van der Waals surface area contributed by atoms with Crippen molar-refractivity contribution in [2.24, 2.45) is 16.6 Å². The zero-order valence-corrected chi connectivity index (χ0v) is 10.9. The molecular formula is C12H23N3O2. The fourth-order valence-corrected chi connectivity index (χ4v) is 1.85. The molecule has 1 fully saturated rings. The van der Waals surface area contributed by atoms with Gasteiger partial charge in [-0.05, 0) is 40.2 Å². The van der Waals surface area contributed by atoms with E-state index in [4.69, 9.17) is 5.73 Å². The minimum absolute atomic E-state index is 0.000903. The Kier molecular flexibility index (Phi) is 4.14. The van der Waals surface area contributed by atoms with E-state index < -0.39 is 11.3 Å². The lowest BCUT2D eigenvalue weighted by Crippen LogP contribution is -2.51. The van der Waals surface area contributed by atoms with E-state index in [0.29, 0.717) is 6.54 Å². The molecule has 0 saturated carbocycles. The summed E-state index contributed by atoms with van der Waals surface area (Å²) in [6.07, 6.45) is 1.88. The number of nitrogens with one attached hydrogen (secondary N) is 2. The van der Waals surface area contributed by atoms with E-state index in [1.54, 1.807) is 13.8 Å². The molecule has 0 bridgehead atoms. The normalized spacial score (nSPS) is 25.4. The summed E-state index contributed by atoms with van der Waals surface area (Å²) in [7, 11) is 0. The third-order valence-corrected chi connectivity index (χ3v) is 3.50. The Morgan fingerprint density at radius 1 is 1.47 bits per heavy atom. The Morgan fingerprint density at radius 3 is 2.59 bits per heavy atom. The lowest BCUT2D eigenvalue weighted by molar-refractivity contribution is -0.132. The number of amides is 2. The topological polar surface area (TPSA) is 84.2 Å². The molecule has 17 heavy (non-hydrogen) atoms. The van der Waals surface area contributed by atoms with Crippen molar-refractivity contribution < 1.29 is 9.59 Å². The maximum Gasteiger partial charge on any atom is 0.227 e. The van der Waals surface area contributed by atoms with Crippen molar-refractivity contribution in [1.82, 2.24) is 10.6 Å². The van der Waals surface area contributed by atoms with Gasteiger partial charge in [-0.15, -0.1) is 0 Å². The molecule has 0 aliphatic carbocycles. The molecule has 1 aliphatic rings. The second-order valence-corrected chi connectivity index (χ2v) is 5.77. The quantitative estimate of drug-likeness (QED) is 0.648. The second kappa shape index (κ2) is 5.04. The van der Waals surface area contributed by atoms with Gasteiger partial charge in [0.25, 0.3) is 0 Å². The number of carbonyl (C=O) groups is 2. The number of nitrogens with two attached hydrogens (primary N) is 1. The first kappa shape index (κ1) is 14.0. The van der Waals surface area contributed by atoms with Crippen LogP contribution in [0.4, 0.5) is 0 Å². The van der Waals surface area contributed by atoms with Crippen molar-refractivity contribution in [2.45, 2.75) is 33.6 Å². The Balaban J connectivity index is 2.52. The summed E-state index contributed by atoms with van der Waals surface area (Å²) in [6, 6.07) is 0. The molecule has 4 N–H and O–H groups in total. The highest BCUT2D eigenvalue weighted by Crippen LogP contribution is 2.25. The monoisotopic (exact) mass is 241 g/mol. The third kappa shape index (κ3) is 3.43. The maximum absolute atomic E-state index is 12.1. The predicted molar refractivity (Wildman–Crippen MR) is 66.2 cm³/mol. The zero-order chi connectivity index (χ0) is 13.1. The summed E-state index contributed by atoms with van der Waals surface area (Å²) < 4.78 is 0. The van der Waals surface area contributed by atoms with Gasteiger partial charge in [-0.3, -0.25) is 9.59 Å². The minimum atomic E-state index is -0.700. The van der Waals surface area contributed by atoms with Crippen LogP contribution in [0.1, 0.15) is 33.6 Å². The predicted octanol–water partition coefficient (Wildman–Crippen LogP) is 0.00380. The summed E-state index contributed by atoms with van der Waals surface area (Å²) >= 11 is 0. The van der Waals surface area contributed by atoms with Gasteiger partial charge in [0.05, 0.1) is 10.8 Å². The fourth-order valence-electron chi connectivity index (χ4n) is 1.85. The van der Waals surface area contributed by atoms with Crippen molar-refractivity contribution in [1.29, 1.82) is 0 Å². The van der Waals surface area contributed by atoms with Crippen LogP contribution >= 0.6 is 0 Å². The van der Waals surface area contributed by atoms with Crippen LogP contribution in [0.3, 0.4) is 0 Å². The third-order valence-electron chi connectivity index (χ3n) is 3.50. The summed E-state index contributed by atoms with van der Waals surface area (Å²) in [4.78, 5) is 23.2.